The maximum Gasteiger partial charge on any atom is 0.306 e. The Bertz CT molecular complexity index is 429. The van der Waals surface area contributed by atoms with Crippen LogP contribution in [0, 0.1) is 11.8 Å². The Labute approximate surface area is 176 Å². The normalized spacial score (nSPS) is 12.4. The van der Waals surface area contributed by atoms with Crippen LogP contribution < -0.4 is 0 Å². The third-order valence-electron chi connectivity index (χ3n) is 4.03. The smallest absolute Gasteiger partial charge is 0.306 e. The van der Waals surface area contributed by atoms with E-state index < -0.39 is 35.7 Å². The Morgan fingerprint density at radius 2 is 0.893 bits per heavy atom. The van der Waals surface area contributed by atoms with Gasteiger partial charge in [0.15, 0.2) is 0 Å². The number of rotatable bonds is 16. The second-order valence-corrected chi connectivity index (χ2v) is 7.27. The van der Waals surface area contributed by atoms with E-state index in [-0.39, 0.29) is 25.7 Å². The quantitative estimate of drug-likeness (QED) is 0.158. The van der Waals surface area contributed by atoms with Crippen LogP contribution in [0.15, 0.2) is 0 Å². The lowest BCUT2D eigenvalue weighted by Crippen LogP contribution is -2.15. The summed E-state index contributed by atoms with van der Waals surface area (Å²) in [6.45, 7) is 0. The summed E-state index contributed by atoms with van der Waals surface area (Å²) in [5.74, 6) is -3.24. The van der Waals surface area contributed by atoms with Gasteiger partial charge in [0, 0.05) is 12.8 Å². The highest BCUT2D eigenvalue weighted by Crippen LogP contribution is 2.16. The zero-order valence-electron chi connectivity index (χ0n) is 16.0. The summed E-state index contributed by atoms with van der Waals surface area (Å²) in [7, 11) is 0. The predicted octanol–water partition coefficient (Wildman–Crippen LogP) is 3.30. The van der Waals surface area contributed by atoms with Gasteiger partial charge in [0.05, 0.1) is 11.8 Å². The van der Waals surface area contributed by atoms with Crippen LogP contribution in [0.3, 0.4) is 0 Å². The van der Waals surface area contributed by atoms with Crippen LogP contribution in [0.2, 0.25) is 0 Å². The molecule has 0 radical (unpaired) electrons. The van der Waals surface area contributed by atoms with Crippen LogP contribution in [0.25, 0.3) is 0 Å². The van der Waals surface area contributed by atoms with Gasteiger partial charge in [0.2, 0.25) is 0 Å². The molecule has 0 aliphatic rings. The molecule has 0 aliphatic carbocycles. The summed E-state index contributed by atoms with van der Waals surface area (Å²) < 4.78 is 0. The van der Waals surface area contributed by atoms with Crippen molar-refractivity contribution in [2.45, 2.75) is 64.2 Å². The van der Waals surface area contributed by atoms with Crippen LogP contribution in [0.4, 0.5) is 0 Å². The van der Waals surface area contributed by atoms with E-state index in [1.54, 1.807) is 0 Å². The van der Waals surface area contributed by atoms with Crippen LogP contribution in [-0.2, 0) is 19.2 Å². The predicted molar refractivity (Wildman–Crippen MR) is 111 cm³/mol. The van der Waals surface area contributed by atoms with Crippen LogP contribution in [0.1, 0.15) is 64.2 Å². The highest BCUT2D eigenvalue weighted by Gasteiger charge is 2.18. The number of carbonyl (C=O) groups is 4. The number of unbranched alkanes of at least 4 members (excludes halogenated alkanes) is 2. The van der Waals surface area contributed by atoms with E-state index in [9.17, 15) is 19.2 Å². The lowest BCUT2D eigenvalue weighted by atomic mass is 9.97. The molecule has 8 nitrogen and oxygen atoms in total. The van der Waals surface area contributed by atoms with Crippen LogP contribution in [-0.4, -0.2) is 55.8 Å². The summed E-state index contributed by atoms with van der Waals surface area (Å²) in [6, 6.07) is 0. The average molecular weight is 441 g/mol. The maximum absolute atomic E-state index is 10.7. The van der Waals surface area contributed by atoms with E-state index >= 15 is 0 Å². The number of carboxylic acids is 4. The first-order chi connectivity index (χ1) is 13.1. The Balaban J connectivity index is 0. The van der Waals surface area contributed by atoms with Crippen molar-refractivity contribution in [3.05, 3.63) is 0 Å². The Morgan fingerprint density at radius 3 is 1.11 bits per heavy atom. The molecule has 0 bridgehead atoms. The van der Waals surface area contributed by atoms with E-state index in [1.165, 1.54) is 0 Å². The highest BCUT2D eigenvalue weighted by atomic mass is 32.1. The maximum atomic E-state index is 10.7. The lowest BCUT2D eigenvalue weighted by Gasteiger charge is -2.09. The molecule has 28 heavy (non-hydrogen) atoms. The van der Waals surface area contributed by atoms with Gasteiger partial charge in [0.1, 0.15) is 0 Å². The molecule has 2 unspecified atom stereocenters. The van der Waals surface area contributed by atoms with Gasteiger partial charge >= 0.3 is 23.9 Å². The van der Waals surface area contributed by atoms with Crippen molar-refractivity contribution in [1.82, 2.24) is 0 Å². The fourth-order valence-electron chi connectivity index (χ4n) is 2.38. The van der Waals surface area contributed by atoms with Crippen LogP contribution in [0.5, 0.6) is 0 Å². The van der Waals surface area contributed by atoms with E-state index in [1.807, 2.05) is 0 Å². The van der Waals surface area contributed by atoms with Gasteiger partial charge in [-0.15, -0.1) is 0 Å². The Morgan fingerprint density at radius 1 is 0.571 bits per heavy atom. The third-order valence-corrected chi connectivity index (χ3v) is 4.67. The second kappa shape index (κ2) is 18.9. The van der Waals surface area contributed by atoms with Crippen molar-refractivity contribution < 1.29 is 39.6 Å². The molecule has 10 heteroatoms. The first-order valence-corrected chi connectivity index (χ1v) is 10.5. The minimum Gasteiger partial charge on any atom is -0.481 e. The van der Waals surface area contributed by atoms with Gasteiger partial charge < -0.3 is 20.4 Å². The molecule has 0 aromatic carbocycles. The zero-order chi connectivity index (χ0) is 21.9. The molecular weight excluding hydrogens is 408 g/mol. The Hall–Kier alpha value is -1.42. The molecule has 0 saturated carbocycles. The van der Waals surface area contributed by atoms with E-state index in [2.05, 4.69) is 25.3 Å². The SMILES string of the molecule is O=C(O)CCC(CCCCS)C(=O)O.O=C(O)CCC(CCCCS)C(=O)O. The van der Waals surface area contributed by atoms with Gasteiger partial charge in [0.25, 0.3) is 0 Å². The molecule has 4 N–H and O–H groups in total. The molecule has 0 fully saturated rings. The molecule has 0 aromatic heterocycles. The molecule has 0 heterocycles. The van der Waals surface area contributed by atoms with Crippen molar-refractivity contribution in [2.24, 2.45) is 11.8 Å². The van der Waals surface area contributed by atoms with Crippen molar-refractivity contribution in [1.29, 1.82) is 0 Å². The first-order valence-electron chi connectivity index (χ1n) is 9.26. The molecule has 0 rings (SSSR count). The number of aliphatic carboxylic acids is 4. The molecule has 0 aromatic rings. The second-order valence-electron chi connectivity index (χ2n) is 6.37. The fourth-order valence-corrected chi connectivity index (χ4v) is 2.83. The van der Waals surface area contributed by atoms with Crippen molar-refractivity contribution in [3.8, 4) is 0 Å². The minimum atomic E-state index is -0.939. The molecule has 0 spiro atoms. The summed E-state index contributed by atoms with van der Waals surface area (Å²) in [5, 5.41) is 34.4. The molecule has 164 valence electrons. The van der Waals surface area contributed by atoms with E-state index in [0.717, 1.165) is 37.2 Å². The topological polar surface area (TPSA) is 149 Å². The van der Waals surface area contributed by atoms with Gasteiger partial charge in [-0.1, -0.05) is 12.8 Å². The van der Waals surface area contributed by atoms with Crippen LogP contribution >= 0.6 is 25.3 Å². The highest BCUT2D eigenvalue weighted by molar-refractivity contribution is 7.80. The van der Waals surface area contributed by atoms with Gasteiger partial charge in [-0.05, 0) is 50.0 Å². The molecule has 0 aliphatic heterocycles. The zero-order valence-corrected chi connectivity index (χ0v) is 17.7. The first kappa shape index (κ1) is 28.8. The minimum absolute atomic E-state index is 0.0716. The average Bonchev–Trinajstić information content (AvgIpc) is 2.60. The fraction of sp³-hybridized carbons (Fsp3) is 0.778. The van der Waals surface area contributed by atoms with Crippen molar-refractivity contribution in [3.63, 3.8) is 0 Å². The molecule has 0 amide bonds. The van der Waals surface area contributed by atoms with E-state index in [0.29, 0.717) is 12.8 Å². The standard InChI is InChI=1S/2C9H16O4S/c2*10-8(11)5-4-7(9(12)13)3-1-2-6-14/h2*7,14H,1-6H2,(H,10,11)(H,12,13). The van der Waals surface area contributed by atoms with Crippen molar-refractivity contribution >= 4 is 49.1 Å². The third kappa shape index (κ3) is 19.3. The summed E-state index contributed by atoms with van der Waals surface area (Å²) in [6.07, 6.45) is 4.72. The largest absolute Gasteiger partial charge is 0.481 e. The molecule has 0 saturated heterocycles. The van der Waals surface area contributed by atoms with Gasteiger partial charge in [-0.2, -0.15) is 25.3 Å². The van der Waals surface area contributed by atoms with E-state index in [4.69, 9.17) is 20.4 Å². The number of hydrogen-bond acceptors (Lipinski definition) is 6. The lowest BCUT2D eigenvalue weighted by molar-refractivity contribution is -0.145. The van der Waals surface area contributed by atoms with Crippen molar-refractivity contribution in [2.75, 3.05) is 11.5 Å². The summed E-state index contributed by atoms with van der Waals surface area (Å²) in [5.41, 5.74) is 0. The van der Waals surface area contributed by atoms with Gasteiger partial charge in [-0.25, -0.2) is 0 Å². The number of hydrogen-bond donors (Lipinski definition) is 6. The Kier molecular flexibility index (Phi) is 19.5. The number of thiol groups is 2. The summed E-state index contributed by atoms with van der Waals surface area (Å²) in [4.78, 5) is 41.9. The monoisotopic (exact) mass is 440 g/mol. The molecular formula is C18H32O8S2. The summed E-state index contributed by atoms with van der Waals surface area (Å²) >= 11 is 8.04. The number of carboxylic acid groups (broad SMARTS) is 4. The van der Waals surface area contributed by atoms with Gasteiger partial charge in [-0.3, -0.25) is 19.2 Å². The molecule has 2 atom stereocenters.